The van der Waals surface area contributed by atoms with E-state index in [1.807, 2.05) is 48.7 Å². The lowest BCUT2D eigenvalue weighted by molar-refractivity contribution is -0.128. The molecular formula is C26H25N5O4S2. The van der Waals surface area contributed by atoms with Gasteiger partial charge in [0.15, 0.2) is 5.17 Å². The van der Waals surface area contributed by atoms with Gasteiger partial charge in [-0.3, -0.25) is 19.4 Å². The quantitative estimate of drug-likeness (QED) is 0.432. The van der Waals surface area contributed by atoms with Crippen molar-refractivity contribution in [3.8, 4) is 0 Å². The second kappa shape index (κ2) is 11.1. The van der Waals surface area contributed by atoms with E-state index in [4.69, 9.17) is 9.41 Å². The summed E-state index contributed by atoms with van der Waals surface area (Å²) in [7, 11) is 0. The number of nitrogens with zero attached hydrogens (tertiary/aromatic N) is 3. The zero-order valence-corrected chi connectivity index (χ0v) is 21.7. The number of hydrogen-bond acceptors (Lipinski definition) is 8. The minimum atomic E-state index is -0.858. The summed E-state index contributed by atoms with van der Waals surface area (Å²) in [6, 6.07) is 14.0. The van der Waals surface area contributed by atoms with E-state index < -0.39 is 11.3 Å². The molecule has 37 heavy (non-hydrogen) atoms. The topological polar surface area (TPSA) is 116 Å². The highest BCUT2D eigenvalue weighted by Crippen LogP contribution is 2.35. The molecule has 2 N–H and O–H groups in total. The maximum absolute atomic E-state index is 13.5. The summed E-state index contributed by atoms with van der Waals surface area (Å²) in [6.45, 7) is 2.59. The van der Waals surface area contributed by atoms with E-state index in [0.717, 1.165) is 10.4 Å². The summed E-state index contributed by atoms with van der Waals surface area (Å²) >= 11 is 2.77. The first-order valence-corrected chi connectivity index (χ1v) is 13.6. The fraction of sp³-hybridized carbons (Fsp3) is 0.269. The number of amidine groups is 2. The molecule has 2 aliphatic rings. The highest BCUT2D eigenvalue weighted by Gasteiger charge is 2.43. The number of thioether (sulfide) groups is 1. The molecule has 3 aromatic rings. The van der Waals surface area contributed by atoms with E-state index in [-0.39, 0.29) is 30.7 Å². The average Bonchev–Trinajstić information content (AvgIpc) is 3.67. The number of nitrogens with one attached hydrogen (secondary N) is 2. The third-order valence-electron chi connectivity index (χ3n) is 5.89. The number of thiophene rings is 1. The molecule has 9 nitrogen and oxygen atoms in total. The molecule has 3 amide bonds. The van der Waals surface area contributed by atoms with Crippen molar-refractivity contribution in [1.29, 1.82) is 0 Å². The molecule has 0 spiro atoms. The van der Waals surface area contributed by atoms with Gasteiger partial charge in [0.2, 0.25) is 11.8 Å². The number of benzene rings is 1. The summed E-state index contributed by atoms with van der Waals surface area (Å²) in [4.78, 5) is 50.9. The summed E-state index contributed by atoms with van der Waals surface area (Å²) in [5.74, 6) is 0.355. The molecule has 0 aliphatic carbocycles. The largest absolute Gasteiger partial charge is 0.467 e. The van der Waals surface area contributed by atoms with Crippen molar-refractivity contribution in [2.24, 2.45) is 9.98 Å². The van der Waals surface area contributed by atoms with E-state index >= 15 is 0 Å². The van der Waals surface area contributed by atoms with Gasteiger partial charge >= 0.3 is 0 Å². The number of amides is 3. The Bertz CT molecular complexity index is 1350. The predicted octanol–water partition coefficient (Wildman–Crippen LogP) is 3.83. The van der Waals surface area contributed by atoms with Gasteiger partial charge < -0.3 is 15.1 Å². The molecule has 0 fully saturated rings. The molecule has 11 heteroatoms. The van der Waals surface area contributed by atoms with Gasteiger partial charge in [-0.25, -0.2) is 9.89 Å². The van der Waals surface area contributed by atoms with Crippen molar-refractivity contribution in [1.82, 2.24) is 15.5 Å². The SMILES string of the molecule is CC[C@@H](SC1=Nc2ccccc2C2=N[C@H](CC(=O)NCc3cccs3)C(=O)N12)C(=O)NCc1ccco1. The summed E-state index contributed by atoms with van der Waals surface area (Å²) in [6.07, 6.45) is 2.02. The van der Waals surface area contributed by atoms with Gasteiger partial charge in [0.25, 0.3) is 5.91 Å². The van der Waals surface area contributed by atoms with Gasteiger partial charge in [-0.05, 0) is 42.1 Å². The van der Waals surface area contributed by atoms with Crippen LogP contribution in [-0.2, 0) is 27.5 Å². The third-order valence-corrected chi connectivity index (χ3v) is 8.09. The van der Waals surface area contributed by atoms with Crippen LogP contribution in [0.25, 0.3) is 0 Å². The molecule has 0 saturated heterocycles. The Morgan fingerprint density at radius 3 is 2.76 bits per heavy atom. The van der Waals surface area contributed by atoms with Crippen LogP contribution >= 0.6 is 23.1 Å². The Hall–Kier alpha value is -3.70. The van der Waals surface area contributed by atoms with Crippen LogP contribution in [0.5, 0.6) is 0 Å². The number of carbonyl (C=O) groups is 3. The standard InChI is InChI=1S/C26H25N5O4S2/c1-2-21(24(33)28-14-16-7-5-11-35-16)37-26-30-19-10-4-3-9-18(19)23-29-20(25(34)31(23)26)13-22(32)27-15-17-8-6-12-36-17/h3-12,20-21H,2,13-15H2,1H3,(H,27,32)(H,28,33)/t20-,21-/m1/s1. The fourth-order valence-corrected chi connectivity index (χ4v) is 5.70. The molecule has 5 rings (SSSR count). The third kappa shape index (κ3) is 5.52. The lowest BCUT2D eigenvalue weighted by atomic mass is 10.1. The minimum absolute atomic E-state index is 0.0643. The first-order chi connectivity index (χ1) is 18.0. The Morgan fingerprint density at radius 2 is 2.00 bits per heavy atom. The van der Waals surface area contributed by atoms with Crippen LogP contribution in [0.1, 0.15) is 36.0 Å². The Balaban J connectivity index is 1.32. The fourth-order valence-electron chi connectivity index (χ4n) is 4.01. The smallest absolute Gasteiger partial charge is 0.259 e. The number of rotatable bonds is 9. The monoisotopic (exact) mass is 535 g/mol. The lowest BCUT2D eigenvalue weighted by Crippen LogP contribution is -2.43. The van der Waals surface area contributed by atoms with Crippen molar-refractivity contribution in [3.63, 3.8) is 0 Å². The van der Waals surface area contributed by atoms with E-state index in [0.29, 0.717) is 35.4 Å². The van der Waals surface area contributed by atoms with Crippen molar-refractivity contribution in [2.45, 2.75) is 44.1 Å². The molecule has 0 bridgehead atoms. The first-order valence-electron chi connectivity index (χ1n) is 11.9. The predicted molar refractivity (Wildman–Crippen MR) is 144 cm³/mol. The summed E-state index contributed by atoms with van der Waals surface area (Å²) in [5.41, 5.74) is 1.39. The van der Waals surface area contributed by atoms with Crippen molar-refractivity contribution in [2.75, 3.05) is 0 Å². The van der Waals surface area contributed by atoms with E-state index in [1.54, 1.807) is 29.7 Å². The first kappa shape index (κ1) is 25.0. The molecule has 0 saturated carbocycles. The average molecular weight is 536 g/mol. The molecule has 2 aromatic heterocycles. The lowest BCUT2D eigenvalue weighted by Gasteiger charge is -2.27. The van der Waals surface area contributed by atoms with Gasteiger partial charge in [-0.1, -0.05) is 36.9 Å². The van der Waals surface area contributed by atoms with Gasteiger partial charge in [0, 0.05) is 10.4 Å². The molecule has 1 aromatic carbocycles. The summed E-state index contributed by atoms with van der Waals surface area (Å²) < 4.78 is 5.29. The second-order valence-corrected chi connectivity index (χ2v) is 10.6. The maximum Gasteiger partial charge on any atom is 0.259 e. The van der Waals surface area contributed by atoms with E-state index in [2.05, 4.69) is 15.6 Å². The molecule has 0 unspecified atom stereocenters. The van der Waals surface area contributed by atoms with Crippen LogP contribution in [0.4, 0.5) is 5.69 Å². The van der Waals surface area contributed by atoms with Crippen molar-refractivity contribution < 1.29 is 18.8 Å². The van der Waals surface area contributed by atoms with Crippen molar-refractivity contribution >= 4 is 57.5 Å². The maximum atomic E-state index is 13.5. The molecule has 2 aliphatic heterocycles. The van der Waals surface area contributed by atoms with Crippen molar-refractivity contribution in [3.05, 3.63) is 76.4 Å². The number of furan rings is 1. The zero-order chi connectivity index (χ0) is 25.8. The van der Waals surface area contributed by atoms with Crippen LogP contribution < -0.4 is 10.6 Å². The number of carbonyl (C=O) groups excluding carboxylic acids is 3. The molecule has 4 heterocycles. The van der Waals surface area contributed by atoms with Gasteiger partial charge in [0.05, 0.1) is 36.7 Å². The Morgan fingerprint density at radius 1 is 1.14 bits per heavy atom. The van der Waals surface area contributed by atoms with Crippen LogP contribution in [0.2, 0.25) is 0 Å². The number of fused-ring (bicyclic) bond motifs is 3. The highest BCUT2D eigenvalue weighted by atomic mass is 32.2. The van der Waals surface area contributed by atoms with E-state index in [1.165, 1.54) is 16.7 Å². The van der Waals surface area contributed by atoms with Gasteiger partial charge in [-0.2, -0.15) is 0 Å². The Kier molecular flexibility index (Phi) is 7.52. The van der Waals surface area contributed by atoms with Crippen LogP contribution in [-0.4, -0.2) is 44.9 Å². The van der Waals surface area contributed by atoms with Crippen LogP contribution in [0.3, 0.4) is 0 Å². The highest BCUT2D eigenvalue weighted by molar-refractivity contribution is 8.15. The number of aliphatic imine (C=N–C) groups is 2. The van der Waals surface area contributed by atoms with Crippen LogP contribution in [0.15, 0.2) is 74.6 Å². The number of para-hydroxylation sites is 1. The van der Waals surface area contributed by atoms with Gasteiger partial charge in [-0.15, -0.1) is 11.3 Å². The molecule has 2 atom stereocenters. The van der Waals surface area contributed by atoms with E-state index in [9.17, 15) is 14.4 Å². The van der Waals surface area contributed by atoms with Crippen LogP contribution in [0, 0.1) is 0 Å². The molecule has 190 valence electrons. The number of hydrogen-bond donors (Lipinski definition) is 2. The summed E-state index contributed by atoms with van der Waals surface area (Å²) in [5, 5.41) is 7.58. The Labute approximate surface area is 222 Å². The molecular weight excluding hydrogens is 510 g/mol. The second-order valence-electron chi connectivity index (χ2n) is 8.43. The normalized spacial score (nSPS) is 16.9. The zero-order valence-electron chi connectivity index (χ0n) is 20.0. The molecule has 0 radical (unpaired) electrons. The minimum Gasteiger partial charge on any atom is -0.467 e. The van der Waals surface area contributed by atoms with Gasteiger partial charge in [0.1, 0.15) is 17.6 Å².